The molecule has 6 nitrogen and oxygen atoms in total. The number of anilines is 1. The van der Waals surface area contributed by atoms with E-state index in [4.69, 9.17) is 16.7 Å². The molecule has 0 aliphatic carbocycles. The summed E-state index contributed by atoms with van der Waals surface area (Å²) in [5.74, 6) is 0.230. The number of thiocarbonyl (C=S) groups is 1. The zero-order chi connectivity index (χ0) is 18.0. The number of thioether (sulfide) groups is 1. The summed E-state index contributed by atoms with van der Waals surface area (Å²) in [4.78, 5) is 26.4. The van der Waals surface area contributed by atoms with Gasteiger partial charge in [-0.05, 0) is 25.5 Å². The number of carbonyl (C=O) groups excluding carboxylic acids is 2. The van der Waals surface area contributed by atoms with Crippen molar-refractivity contribution < 1.29 is 14.1 Å². The number of aryl methyl sites for hydroxylation is 2. The molecule has 1 aliphatic heterocycles. The number of nitrogens with one attached hydrogen (secondary N) is 1. The molecule has 2 aromatic rings. The van der Waals surface area contributed by atoms with Crippen LogP contribution in [0.4, 0.5) is 5.82 Å². The first-order valence-electron chi connectivity index (χ1n) is 7.47. The third-order valence-electron chi connectivity index (χ3n) is 3.45. The number of hydrogen-bond acceptors (Lipinski definition) is 6. The molecule has 8 heteroatoms. The molecule has 0 unspecified atom stereocenters. The summed E-state index contributed by atoms with van der Waals surface area (Å²) >= 11 is 6.42. The van der Waals surface area contributed by atoms with Crippen LogP contribution in [0.5, 0.6) is 0 Å². The summed E-state index contributed by atoms with van der Waals surface area (Å²) in [7, 11) is 0. The molecule has 128 valence electrons. The predicted octanol–water partition coefficient (Wildman–Crippen LogP) is 3.13. The number of carbonyl (C=O) groups is 2. The van der Waals surface area contributed by atoms with Crippen molar-refractivity contribution in [3.63, 3.8) is 0 Å². The molecule has 0 saturated carbocycles. The zero-order valence-electron chi connectivity index (χ0n) is 13.6. The average molecular weight is 373 g/mol. The summed E-state index contributed by atoms with van der Waals surface area (Å²) < 4.78 is 5.24. The van der Waals surface area contributed by atoms with Crippen molar-refractivity contribution in [1.29, 1.82) is 0 Å². The lowest BCUT2D eigenvalue weighted by molar-refractivity contribution is -0.126. The monoisotopic (exact) mass is 373 g/mol. The van der Waals surface area contributed by atoms with Crippen LogP contribution in [-0.4, -0.2) is 32.7 Å². The van der Waals surface area contributed by atoms with Gasteiger partial charge in [0.1, 0.15) is 16.6 Å². The van der Waals surface area contributed by atoms with Gasteiger partial charge in [0.05, 0.1) is 4.91 Å². The highest BCUT2D eigenvalue weighted by molar-refractivity contribution is 8.26. The lowest BCUT2D eigenvalue weighted by Gasteiger charge is -2.13. The van der Waals surface area contributed by atoms with E-state index in [9.17, 15) is 9.59 Å². The van der Waals surface area contributed by atoms with Gasteiger partial charge < -0.3 is 9.84 Å². The number of rotatable bonds is 4. The van der Waals surface area contributed by atoms with E-state index in [0.29, 0.717) is 20.8 Å². The van der Waals surface area contributed by atoms with Crippen LogP contribution in [0.25, 0.3) is 6.08 Å². The van der Waals surface area contributed by atoms with Crippen LogP contribution in [0.15, 0.2) is 39.8 Å². The van der Waals surface area contributed by atoms with E-state index >= 15 is 0 Å². The molecule has 0 bridgehead atoms. The van der Waals surface area contributed by atoms with Crippen molar-refractivity contribution in [2.75, 3.05) is 11.9 Å². The summed E-state index contributed by atoms with van der Waals surface area (Å²) in [6.45, 7) is 3.56. The Morgan fingerprint density at radius 2 is 2.08 bits per heavy atom. The van der Waals surface area contributed by atoms with Gasteiger partial charge in [0.15, 0.2) is 5.82 Å². The van der Waals surface area contributed by atoms with Crippen LogP contribution in [-0.2, 0) is 9.59 Å². The molecule has 2 amide bonds. The molecule has 25 heavy (non-hydrogen) atoms. The second kappa shape index (κ2) is 7.20. The molecule has 1 fully saturated rings. The van der Waals surface area contributed by atoms with Crippen molar-refractivity contribution in [1.82, 2.24) is 10.1 Å². The molecule has 1 aromatic carbocycles. The van der Waals surface area contributed by atoms with Crippen molar-refractivity contribution in [2.45, 2.75) is 13.8 Å². The minimum Gasteiger partial charge on any atom is -0.360 e. The SMILES string of the molecule is Cc1ccc(/C=C2\SC(=S)N(CC(=O)Nc3cc(C)on3)C2=O)cc1. The Balaban J connectivity index is 1.68. The van der Waals surface area contributed by atoms with Crippen molar-refractivity contribution >= 4 is 52.0 Å². The Morgan fingerprint density at radius 3 is 2.72 bits per heavy atom. The Hall–Kier alpha value is -2.45. The van der Waals surface area contributed by atoms with Gasteiger partial charge in [-0.25, -0.2) is 0 Å². The third-order valence-corrected chi connectivity index (χ3v) is 4.82. The van der Waals surface area contributed by atoms with Gasteiger partial charge in [0, 0.05) is 6.07 Å². The first-order valence-corrected chi connectivity index (χ1v) is 8.70. The topological polar surface area (TPSA) is 75.4 Å². The van der Waals surface area contributed by atoms with Gasteiger partial charge in [-0.3, -0.25) is 14.5 Å². The van der Waals surface area contributed by atoms with E-state index in [2.05, 4.69) is 10.5 Å². The average Bonchev–Trinajstić information content (AvgIpc) is 3.08. The molecule has 1 saturated heterocycles. The zero-order valence-corrected chi connectivity index (χ0v) is 15.2. The number of nitrogens with zero attached hydrogens (tertiary/aromatic N) is 2. The molecule has 1 aromatic heterocycles. The normalized spacial score (nSPS) is 15.9. The van der Waals surface area contributed by atoms with Crippen molar-refractivity contribution in [3.05, 3.63) is 52.1 Å². The van der Waals surface area contributed by atoms with Gasteiger partial charge in [0.25, 0.3) is 5.91 Å². The molecule has 0 atom stereocenters. The van der Waals surface area contributed by atoms with Crippen LogP contribution in [0.2, 0.25) is 0 Å². The summed E-state index contributed by atoms with van der Waals surface area (Å²) in [5, 5.41) is 6.26. The molecular weight excluding hydrogens is 358 g/mol. The van der Waals surface area contributed by atoms with Crippen LogP contribution in [0, 0.1) is 13.8 Å². The third kappa shape index (κ3) is 4.15. The van der Waals surface area contributed by atoms with Crippen molar-refractivity contribution in [3.8, 4) is 0 Å². The highest BCUT2D eigenvalue weighted by Crippen LogP contribution is 2.32. The molecule has 0 spiro atoms. The fourth-order valence-electron chi connectivity index (χ4n) is 2.20. The number of aromatic nitrogens is 1. The van der Waals surface area contributed by atoms with Gasteiger partial charge in [-0.15, -0.1) is 0 Å². The summed E-state index contributed by atoms with van der Waals surface area (Å²) in [6, 6.07) is 9.41. The molecule has 3 rings (SSSR count). The van der Waals surface area contributed by atoms with Gasteiger partial charge in [0.2, 0.25) is 5.91 Å². The summed E-state index contributed by atoms with van der Waals surface area (Å²) in [6.07, 6.45) is 1.78. The van der Waals surface area contributed by atoms with E-state index in [1.807, 2.05) is 31.2 Å². The molecule has 2 heterocycles. The number of hydrogen-bond donors (Lipinski definition) is 1. The number of amides is 2. The van der Waals surface area contributed by atoms with Gasteiger partial charge in [-0.1, -0.05) is 59.0 Å². The standard InChI is InChI=1S/C17H15N3O3S2/c1-10-3-5-12(6-4-10)8-13-16(22)20(17(24)25-13)9-15(21)18-14-7-11(2)23-19-14/h3-8H,9H2,1-2H3,(H,18,19,21)/b13-8-. The molecular formula is C17H15N3O3S2. The van der Waals surface area contributed by atoms with E-state index in [0.717, 1.165) is 11.1 Å². The highest BCUT2D eigenvalue weighted by atomic mass is 32.2. The maximum absolute atomic E-state index is 12.5. The van der Waals surface area contributed by atoms with Crippen LogP contribution in [0.1, 0.15) is 16.9 Å². The maximum atomic E-state index is 12.5. The Kier molecular flexibility index (Phi) is 5.00. The highest BCUT2D eigenvalue weighted by Gasteiger charge is 2.33. The quantitative estimate of drug-likeness (QED) is 0.655. The largest absolute Gasteiger partial charge is 0.360 e. The van der Waals surface area contributed by atoms with E-state index in [1.54, 1.807) is 19.1 Å². The van der Waals surface area contributed by atoms with E-state index < -0.39 is 0 Å². The lowest BCUT2D eigenvalue weighted by Crippen LogP contribution is -2.36. The Bertz CT molecular complexity index is 872. The lowest BCUT2D eigenvalue weighted by atomic mass is 10.1. The predicted molar refractivity (Wildman–Crippen MR) is 101 cm³/mol. The fourth-order valence-corrected chi connectivity index (χ4v) is 3.46. The second-order valence-corrected chi connectivity index (χ2v) is 7.23. The Morgan fingerprint density at radius 1 is 1.36 bits per heavy atom. The van der Waals surface area contributed by atoms with Gasteiger partial charge >= 0.3 is 0 Å². The van der Waals surface area contributed by atoms with Gasteiger partial charge in [-0.2, -0.15) is 0 Å². The minimum atomic E-state index is -0.388. The second-order valence-electron chi connectivity index (χ2n) is 5.55. The fraction of sp³-hybridized carbons (Fsp3) is 0.176. The Labute approximate surface area is 154 Å². The van der Waals surface area contributed by atoms with E-state index in [1.165, 1.54) is 16.7 Å². The molecule has 1 N–H and O–H groups in total. The summed E-state index contributed by atoms with van der Waals surface area (Å²) in [5.41, 5.74) is 2.05. The van der Waals surface area contributed by atoms with Crippen LogP contribution in [0.3, 0.4) is 0 Å². The first kappa shape index (κ1) is 17.4. The minimum absolute atomic E-state index is 0.165. The maximum Gasteiger partial charge on any atom is 0.266 e. The van der Waals surface area contributed by atoms with E-state index in [-0.39, 0.29) is 18.4 Å². The molecule has 1 aliphatic rings. The van der Waals surface area contributed by atoms with Crippen molar-refractivity contribution in [2.24, 2.45) is 0 Å². The first-order chi connectivity index (χ1) is 11.9. The van der Waals surface area contributed by atoms with Crippen LogP contribution >= 0.6 is 24.0 Å². The number of benzene rings is 1. The smallest absolute Gasteiger partial charge is 0.266 e. The molecule has 0 radical (unpaired) electrons. The van der Waals surface area contributed by atoms with Crippen LogP contribution < -0.4 is 5.32 Å².